The van der Waals surface area contributed by atoms with Crippen LogP contribution in [0.1, 0.15) is 35.8 Å². The number of amides is 1. The molecular weight excluding hydrogens is 399 g/mol. The summed E-state index contributed by atoms with van der Waals surface area (Å²) in [6.45, 7) is 1.59. The standard InChI is InChI=1S/C21H20Cl2N2OS/c22-16-5-3-4-14(20(16)23)8-9-19(26)25-12-10-15(11-13-25)21-24-17-6-1-2-7-18(17)27-21/h1-7,15H,8-13H2. The number of halogens is 2. The van der Waals surface area contributed by atoms with E-state index in [1.165, 1.54) is 9.71 Å². The monoisotopic (exact) mass is 418 g/mol. The molecular formula is C21H20Cl2N2OS. The Morgan fingerprint density at radius 2 is 1.89 bits per heavy atom. The first-order valence-electron chi connectivity index (χ1n) is 9.18. The van der Waals surface area contributed by atoms with Gasteiger partial charge in [0.05, 0.1) is 25.3 Å². The van der Waals surface area contributed by atoms with Gasteiger partial charge >= 0.3 is 0 Å². The summed E-state index contributed by atoms with van der Waals surface area (Å²) in [6.07, 6.45) is 3.04. The molecule has 0 atom stereocenters. The highest BCUT2D eigenvalue weighted by molar-refractivity contribution is 7.18. The molecule has 140 valence electrons. The van der Waals surface area contributed by atoms with E-state index >= 15 is 0 Å². The highest BCUT2D eigenvalue weighted by Gasteiger charge is 2.25. The lowest BCUT2D eigenvalue weighted by Gasteiger charge is -2.31. The molecule has 1 saturated heterocycles. The number of thiazole rings is 1. The first kappa shape index (κ1) is 18.7. The smallest absolute Gasteiger partial charge is 0.222 e. The molecule has 1 aliphatic heterocycles. The fourth-order valence-corrected chi connectivity index (χ4v) is 5.13. The SMILES string of the molecule is O=C(CCc1cccc(Cl)c1Cl)N1CCC(c2nc3ccccc3s2)CC1. The number of likely N-dealkylation sites (tertiary alicyclic amines) is 1. The first-order chi connectivity index (χ1) is 13.1. The van der Waals surface area contributed by atoms with Crippen molar-refractivity contribution in [2.45, 2.75) is 31.6 Å². The number of carbonyl (C=O) groups is 1. The molecule has 1 fully saturated rings. The van der Waals surface area contributed by atoms with Gasteiger partial charge in [-0.05, 0) is 43.0 Å². The fraction of sp³-hybridized carbons (Fsp3) is 0.333. The Kier molecular flexibility index (Phi) is 5.67. The van der Waals surface area contributed by atoms with Crippen LogP contribution in [0, 0.1) is 0 Å². The van der Waals surface area contributed by atoms with Crippen molar-refractivity contribution in [2.75, 3.05) is 13.1 Å². The first-order valence-corrected chi connectivity index (χ1v) is 10.7. The summed E-state index contributed by atoms with van der Waals surface area (Å²) in [5, 5.41) is 2.30. The summed E-state index contributed by atoms with van der Waals surface area (Å²) in [4.78, 5) is 19.4. The Bertz CT molecular complexity index is 931. The maximum absolute atomic E-state index is 12.6. The van der Waals surface area contributed by atoms with E-state index in [2.05, 4.69) is 18.2 Å². The Labute approximate surface area is 172 Å². The van der Waals surface area contributed by atoms with E-state index in [0.29, 0.717) is 28.8 Å². The van der Waals surface area contributed by atoms with Crippen LogP contribution < -0.4 is 0 Å². The van der Waals surface area contributed by atoms with Gasteiger partial charge in [-0.1, -0.05) is 47.5 Å². The summed E-state index contributed by atoms with van der Waals surface area (Å²) in [5.41, 5.74) is 2.01. The number of aromatic nitrogens is 1. The van der Waals surface area contributed by atoms with Crippen LogP contribution >= 0.6 is 34.5 Å². The predicted molar refractivity (Wildman–Crippen MR) is 113 cm³/mol. The summed E-state index contributed by atoms with van der Waals surface area (Å²) in [5.74, 6) is 0.641. The normalized spacial score (nSPS) is 15.4. The van der Waals surface area contributed by atoms with Crippen molar-refractivity contribution in [3.05, 3.63) is 63.1 Å². The molecule has 3 aromatic rings. The lowest BCUT2D eigenvalue weighted by atomic mass is 9.97. The van der Waals surface area contributed by atoms with Gasteiger partial charge in [0, 0.05) is 25.4 Å². The molecule has 0 radical (unpaired) electrons. The minimum atomic E-state index is 0.189. The average molecular weight is 419 g/mol. The maximum atomic E-state index is 12.6. The number of benzene rings is 2. The van der Waals surface area contributed by atoms with Gasteiger partial charge in [-0.2, -0.15) is 0 Å². The van der Waals surface area contributed by atoms with Crippen LogP contribution in [0.2, 0.25) is 10.0 Å². The van der Waals surface area contributed by atoms with Crippen molar-refractivity contribution in [3.8, 4) is 0 Å². The van der Waals surface area contributed by atoms with E-state index in [-0.39, 0.29) is 5.91 Å². The van der Waals surface area contributed by atoms with Gasteiger partial charge in [0.1, 0.15) is 0 Å². The van der Waals surface area contributed by atoms with Crippen molar-refractivity contribution in [3.63, 3.8) is 0 Å². The Balaban J connectivity index is 1.33. The molecule has 2 aromatic carbocycles. The zero-order chi connectivity index (χ0) is 18.8. The van der Waals surface area contributed by atoms with E-state index in [9.17, 15) is 4.79 Å². The largest absolute Gasteiger partial charge is 0.343 e. The summed E-state index contributed by atoms with van der Waals surface area (Å²) in [6, 6.07) is 13.8. The highest BCUT2D eigenvalue weighted by Crippen LogP contribution is 2.34. The van der Waals surface area contributed by atoms with Crippen molar-refractivity contribution in [1.29, 1.82) is 0 Å². The van der Waals surface area contributed by atoms with Crippen LogP contribution in [0.25, 0.3) is 10.2 Å². The van der Waals surface area contributed by atoms with Crippen molar-refractivity contribution in [2.24, 2.45) is 0 Å². The molecule has 0 unspecified atom stereocenters. The van der Waals surface area contributed by atoms with Gasteiger partial charge in [0.25, 0.3) is 0 Å². The van der Waals surface area contributed by atoms with Crippen molar-refractivity contribution in [1.82, 2.24) is 9.88 Å². The maximum Gasteiger partial charge on any atom is 0.222 e. The molecule has 6 heteroatoms. The van der Waals surface area contributed by atoms with Gasteiger partial charge in [-0.15, -0.1) is 11.3 Å². The van der Waals surface area contributed by atoms with E-state index in [1.54, 1.807) is 17.4 Å². The number of para-hydroxylation sites is 1. The van der Waals surface area contributed by atoms with Crippen LogP contribution in [-0.2, 0) is 11.2 Å². The van der Waals surface area contributed by atoms with E-state index < -0.39 is 0 Å². The molecule has 1 aromatic heterocycles. The predicted octanol–water partition coefficient (Wildman–Crippen LogP) is 5.94. The second kappa shape index (κ2) is 8.17. The number of fused-ring (bicyclic) bond motifs is 1. The van der Waals surface area contributed by atoms with E-state index in [0.717, 1.165) is 37.0 Å². The quantitative estimate of drug-likeness (QED) is 0.524. The van der Waals surface area contributed by atoms with Crippen molar-refractivity contribution >= 4 is 50.7 Å². The molecule has 1 amide bonds. The number of carbonyl (C=O) groups excluding carboxylic acids is 1. The third kappa shape index (κ3) is 4.13. The average Bonchev–Trinajstić information content (AvgIpc) is 3.13. The molecule has 4 rings (SSSR count). The molecule has 0 aliphatic carbocycles. The van der Waals surface area contributed by atoms with Gasteiger partial charge in [0.15, 0.2) is 0 Å². The van der Waals surface area contributed by atoms with Crippen LogP contribution in [0.5, 0.6) is 0 Å². The molecule has 2 heterocycles. The minimum Gasteiger partial charge on any atom is -0.343 e. The van der Waals surface area contributed by atoms with Gasteiger partial charge in [-0.3, -0.25) is 4.79 Å². The second-order valence-electron chi connectivity index (χ2n) is 6.89. The molecule has 27 heavy (non-hydrogen) atoms. The summed E-state index contributed by atoms with van der Waals surface area (Å²) in [7, 11) is 0. The number of hydrogen-bond acceptors (Lipinski definition) is 3. The number of aryl methyl sites for hydroxylation is 1. The second-order valence-corrected chi connectivity index (χ2v) is 8.74. The molecule has 0 N–H and O–H groups in total. The minimum absolute atomic E-state index is 0.189. The zero-order valence-electron chi connectivity index (χ0n) is 14.8. The molecule has 0 spiro atoms. The molecule has 0 saturated carbocycles. The number of nitrogens with zero attached hydrogens (tertiary/aromatic N) is 2. The van der Waals surface area contributed by atoms with Crippen LogP contribution in [-0.4, -0.2) is 28.9 Å². The number of rotatable bonds is 4. The van der Waals surface area contributed by atoms with Crippen LogP contribution in [0.4, 0.5) is 0 Å². The van der Waals surface area contributed by atoms with Gasteiger partial charge in [0.2, 0.25) is 5.91 Å². The molecule has 0 bridgehead atoms. The van der Waals surface area contributed by atoms with Gasteiger partial charge < -0.3 is 4.90 Å². The lowest BCUT2D eigenvalue weighted by Crippen LogP contribution is -2.38. The fourth-order valence-electron chi connectivity index (χ4n) is 3.58. The number of piperidine rings is 1. The third-order valence-electron chi connectivity index (χ3n) is 5.15. The number of hydrogen-bond donors (Lipinski definition) is 0. The van der Waals surface area contributed by atoms with Crippen LogP contribution in [0.3, 0.4) is 0 Å². The highest BCUT2D eigenvalue weighted by atomic mass is 35.5. The molecule has 1 aliphatic rings. The van der Waals surface area contributed by atoms with E-state index in [1.807, 2.05) is 23.1 Å². The zero-order valence-corrected chi connectivity index (χ0v) is 17.2. The summed E-state index contributed by atoms with van der Waals surface area (Å²) < 4.78 is 1.24. The Morgan fingerprint density at radius 3 is 2.67 bits per heavy atom. The van der Waals surface area contributed by atoms with Crippen LogP contribution in [0.15, 0.2) is 42.5 Å². The lowest BCUT2D eigenvalue weighted by molar-refractivity contribution is -0.132. The van der Waals surface area contributed by atoms with Crippen molar-refractivity contribution < 1.29 is 4.79 Å². The Morgan fingerprint density at radius 1 is 1.11 bits per heavy atom. The van der Waals surface area contributed by atoms with Gasteiger partial charge in [-0.25, -0.2) is 4.98 Å². The topological polar surface area (TPSA) is 33.2 Å². The van der Waals surface area contributed by atoms with E-state index in [4.69, 9.17) is 28.2 Å². The Hall–Kier alpha value is -1.62. The molecule has 3 nitrogen and oxygen atoms in total. The summed E-state index contributed by atoms with van der Waals surface area (Å²) >= 11 is 14.1. The third-order valence-corrected chi connectivity index (χ3v) is 7.20.